The highest BCUT2D eigenvalue weighted by Gasteiger charge is 2.09. The molecule has 0 fully saturated rings. The molecule has 3 aromatic carbocycles. The Balaban J connectivity index is 1.59. The summed E-state index contributed by atoms with van der Waals surface area (Å²) in [6, 6.07) is 18.5. The zero-order valence-electron chi connectivity index (χ0n) is 17.9. The number of nitrogens with zero attached hydrogens (tertiary/aromatic N) is 2. The second kappa shape index (κ2) is 11.6. The number of rotatable bonds is 10. The number of hydrogen-bond acceptors (Lipinski definition) is 6. The van der Waals surface area contributed by atoms with Crippen LogP contribution in [0.2, 0.25) is 5.02 Å². The van der Waals surface area contributed by atoms with Gasteiger partial charge in [0.2, 0.25) is 5.91 Å². The number of amides is 1. The summed E-state index contributed by atoms with van der Waals surface area (Å²) in [6.45, 7) is 2.52. The maximum atomic E-state index is 12.0. The molecule has 9 heteroatoms. The van der Waals surface area contributed by atoms with E-state index in [2.05, 4.69) is 10.5 Å². The van der Waals surface area contributed by atoms with E-state index >= 15 is 0 Å². The molecule has 0 aliphatic rings. The Labute approximate surface area is 195 Å². The summed E-state index contributed by atoms with van der Waals surface area (Å²) in [7, 11) is 0. The predicted molar refractivity (Wildman–Crippen MR) is 126 cm³/mol. The lowest BCUT2D eigenvalue weighted by molar-refractivity contribution is -0.384. The quantitative estimate of drug-likeness (QED) is 0.259. The normalized spacial score (nSPS) is 10.7. The van der Waals surface area contributed by atoms with Gasteiger partial charge in [0.25, 0.3) is 5.69 Å². The Morgan fingerprint density at radius 3 is 2.39 bits per heavy atom. The zero-order valence-corrected chi connectivity index (χ0v) is 18.6. The number of benzene rings is 3. The molecule has 0 bridgehead atoms. The molecule has 0 saturated heterocycles. The molecule has 3 rings (SSSR count). The number of non-ortho nitro benzene ring substituents is 1. The molecule has 0 aliphatic carbocycles. The molecule has 0 atom stereocenters. The van der Waals surface area contributed by atoms with Gasteiger partial charge in [-0.05, 0) is 66.1 Å². The fourth-order valence-electron chi connectivity index (χ4n) is 2.87. The first-order valence-electron chi connectivity index (χ1n) is 10.1. The predicted octanol–water partition coefficient (Wildman–Crippen LogP) is 4.92. The lowest BCUT2D eigenvalue weighted by atomic mass is 10.1. The van der Waals surface area contributed by atoms with Crippen molar-refractivity contribution in [2.75, 3.05) is 6.61 Å². The molecule has 0 unspecified atom stereocenters. The summed E-state index contributed by atoms with van der Waals surface area (Å²) < 4.78 is 11.5. The van der Waals surface area contributed by atoms with Crippen molar-refractivity contribution in [1.29, 1.82) is 0 Å². The van der Waals surface area contributed by atoms with Gasteiger partial charge in [-0.3, -0.25) is 14.9 Å². The Bertz CT molecular complexity index is 1130. The van der Waals surface area contributed by atoms with E-state index in [-0.39, 0.29) is 24.6 Å². The number of nitrogens with one attached hydrogen (secondary N) is 1. The van der Waals surface area contributed by atoms with Gasteiger partial charge < -0.3 is 9.47 Å². The molecule has 0 heterocycles. The average molecular weight is 468 g/mol. The van der Waals surface area contributed by atoms with Crippen LogP contribution in [0.3, 0.4) is 0 Å². The van der Waals surface area contributed by atoms with Crippen LogP contribution in [-0.4, -0.2) is 23.7 Å². The van der Waals surface area contributed by atoms with Gasteiger partial charge in [-0.1, -0.05) is 23.7 Å². The van der Waals surface area contributed by atoms with Gasteiger partial charge in [-0.25, -0.2) is 5.43 Å². The van der Waals surface area contributed by atoms with Crippen LogP contribution < -0.4 is 14.9 Å². The smallest absolute Gasteiger partial charge is 0.269 e. The first-order chi connectivity index (χ1) is 15.9. The van der Waals surface area contributed by atoms with Crippen molar-refractivity contribution in [2.24, 2.45) is 5.10 Å². The molecule has 0 spiro atoms. The van der Waals surface area contributed by atoms with Crippen molar-refractivity contribution >= 4 is 29.4 Å². The van der Waals surface area contributed by atoms with Crippen molar-refractivity contribution in [3.05, 3.63) is 98.6 Å². The SMILES string of the molecule is CCOc1cc(/C=N/NC(=O)Cc2ccc(Cl)cc2)ccc1OCc1ccc([N+](=O)[O-])cc1. The van der Waals surface area contributed by atoms with Crippen molar-refractivity contribution in [1.82, 2.24) is 5.43 Å². The molecule has 33 heavy (non-hydrogen) atoms. The number of carbonyl (C=O) groups is 1. The van der Waals surface area contributed by atoms with Gasteiger partial charge in [0, 0.05) is 17.2 Å². The number of halogens is 1. The minimum atomic E-state index is -0.446. The number of carbonyl (C=O) groups excluding carboxylic acids is 1. The first-order valence-corrected chi connectivity index (χ1v) is 10.5. The van der Waals surface area contributed by atoms with Gasteiger partial charge in [0.15, 0.2) is 11.5 Å². The summed E-state index contributed by atoms with van der Waals surface area (Å²) in [5.74, 6) is 0.802. The molecule has 3 aromatic rings. The molecule has 170 valence electrons. The van der Waals surface area contributed by atoms with E-state index in [0.717, 1.165) is 11.1 Å². The largest absolute Gasteiger partial charge is 0.490 e. The monoisotopic (exact) mass is 467 g/mol. The summed E-state index contributed by atoms with van der Waals surface area (Å²) >= 11 is 5.85. The van der Waals surface area contributed by atoms with Crippen LogP contribution in [-0.2, 0) is 17.8 Å². The molecule has 0 saturated carbocycles. The maximum Gasteiger partial charge on any atom is 0.269 e. The third-order valence-electron chi connectivity index (χ3n) is 4.49. The van der Waals surface area contributed by atoms with E-state index in [1.807, 2.05) is 6.92 Å². The lowest BCUT2D eigenvalue weighted by Gasteiger charge is -2.12. The van der Waals surface area contributed by atoms with Gasteiger partial charge >= 0.3 is 0 Å². The van der Waals surface area contributed by atoms with Gasteiger partial charge in [-0.2, -0.15) is 5.10 Å². The minimum absolute atomic E-state index is 0.0256. The Kier molecular flexibility index (Phi) is 8.37. The summed E-state index contributed by atoms with van der Waals surface area (Å²) in [5, 5.41) is 15.4. The fraction of sp³-hybridized carbons (Fsp3) is 0.167. The van der Waals surface area contributed by atoms with Crippen LogP contribution in [0.25, 0.3) is 0 Å². The molecule has 0 radical (unpaired) electrons. The van der Waals surface area contributed by atoms with Crippen molar-refractivity contribution in [3.63, 3.8) is 0 Å². The van der Waals surface area contributed by atoms with Crippen molar-refractivity contribution in [2.45, 2.75) is 20.0 Å². The summed E-state index contributed by atoms with van der Waals surface area (Å²) in [6.07, 6.45) is 1.70. The lowest BCUT2D eigenvalue weighted by Crippen LogP contribution is -2.19. The second-order valence-electron chi connectivity index (χ2n) is 6.95. The van der Waals surface area contributed by atoms with Crippen LogP contribution in [0.5, 0.6) is 11.5 Å². The number of ether oxygens (including phenoxy) is 2. The number of nitro benzene ring substituents is 1. The van der Waals surface area contributed by atoms with Gasteiger partial charge in [-0.15, -0.1) is 0 Å². The molecule has 1 N–H and O–H groups in total. The number of hydrazone groups is 1. The van der Waals surface area contributed by atoms with Crippen LogP contribution in [0.15, 0.2) is 71.8 Å². The van der Waals surface area contributed by atoms with E-state index in [4.69, 9.17) is 21.1 Å². The van der Waals surface area contributed by atoms with Crippen molar-refractivity contribution in [3.8, 4) is 11.5 Å². The summed E-state index contributed by atoms with van der Waals surface area (Å²) in [4.78, 5) is 22.4. The number of hydrogen-bond donors (Lipinski definition) is 1. The van der Waals surface area contributed by atoms with Crippen LogP contribution in [0, 0.1) is 10.1 Å². The molecule has 8 nitrogen and oxygen atoms in total. The minimum Gasteiger partial charge on any atom is -0.490 e. The molecule has 1 amide bonds. The fourth-order valence-corrected chi connectivity index (χ4v) is 3.00. The van der Waals surface area contributed by atoms with Gasteiger partial charge in [0.05, 0.1) is 24.2 Å². The first kappa shape index (κ1) is 23.7. The van der Waals surface area contributed by atoms with Crippen LogP contribution >= 0.6 is 11.6 Å². The molecule has 0 aromatic heterocycles. The van der Waals surface area contributed by atoms with Crippen LogP contribution in [0.4, 0.5) is 5.69 Å². The van der Waals surface area contributed by atoms with Crippen molar-refractivity contribution < 1.29 is 19.2 Å². The average Bonchev–Trinajstić information content (AvgIpc) is 2.80. The van der Waals surface area contributed by atoms with Gasteiger partial charge in [0.1, 0.15) is 6.61 Å². The highest BCUT2D eigenvalue weighted by Crippen LogP contribution is 2.29. The molecular weight excluding hydrogens is 446 g/mol. The Morgan fingerprint density at radius 1 is 1.03 bits per heavy atom. The summed E-state index contributed by atoms with van der Waals surface area (Å²) in [5.41, 5.74) is 4.86. The second-order valence-corrected chi connectivity index (χ2v) is 7.38. The van der Waals surface area contributed by atoms with E-state index < -0.39 is 4.92 Å². The zero-order chi connectivity index (χ0) is 23.6. The van der Waals surface area contributed by atoms with Crippen LogP contribution in [0.1, 0.15) is 23.6 Å². The van der Waals surface area contributed by atoms with E-state index in [1.165, 1.54) is 18.3 Å². The Morgan fingerprint density at radius 2 is 1.73 bits per heavy atom. The maximum absolute atomic E-state index is 12.0. The molecular formula is C24H22ClN3O5. The third kappa shape index (κ3) is 7.33. The van der Waals surface area contributed by atoms with E-state index in [1.54, 1.807) is 54.6 Å². The van der Waals surface area contributed by atoms with E-state index in [9.17, 15) is 14.9 Å². The highest BCUT2D eigenvalue weighted by molar-refractivity contribution is 6.30. The topological polar surface area (TPSA) is 103 Å². The number of nitro groups is 1. The standard InChI is InChI=1S/C24H22ClN3O5/c1-2-32-23-13-19(15-26-27-24(29)14-17-3-8-20(25)9-4-17)7-12-22(23)33-16-18-5-10-21(11-6-18)28(30)31/h3-13,15H,2,14,16H2,1H3,(H,27,29)/b26-15+. The highest BCUT2D eigenvalue weighted by atomic mass is 35.5. The Hall–Kier alpha value is -3.91. The third-order valence-corrected chi connectivity index (χ3v) is 4.74. The van der Waals surface area contributed by atoms with E-state index in [0.29, 0.717) is 28.7 Å². The molecule has 0 aliphatic heterocycles.